The molecule has 2 fully saturated rings. The van der Waals surface area contributed by atoms with Crippen LogP contribution in [0.5, 0.6) is 0 Å². The van der Waals surface area contributed by atoms with E-state index in [4.69, 9.17) is 0 Å². The van der Waals surface area contributed by atoms with Crippen molar-refractivity contribution in [3.8, 4) is 0 Å². The van der Waals surface area contributed by atoms with Crippen molar-refractivity contribution in [1.29, 1.82) is 0 Å². The van der Waals surface area contributed by atoms with Gasteiger partial charge in [-0.15, -0.1) is 0 Å². The molecule has 0 saturated heterocycles. The van der Waals surface area contributed by atoms with Crippen molar-refractivity contribution >= 4 is 11.8 Å². The summed E-state index contributed by atoms with van der Waals surface area (Å²) in [6, 6.07) is 0. The van der Waals surface area contributed by atoms with Crippen molar-refractivity contribution in [3.63, 3.8) is 0 Å². The average molecular weight is 198 g/mol. The van der Waals surface area contributed by atoms with E-state index in [1.54, 1.807) is 0 Å². The highest BCUT2D eigenvalue weighted by molar-refractivity contribution is 5.89. The van der Waals surface area contributed by atoms with Gasteiger partial charge in [0.25, 0.3) is 0 Å². The molecule has 2 rings (SSSR count). The lowest BCUT2D eigenvalue weighted by Gasteiger charge is -2.50. The number of ketones is 1. The third kappa shape index (κ3) is 1.10. The number of carbonyl (C=O) groups is 2. The molecular formula is C10H14O4. The second kappa shape index (κ2) is 3.05. The first-order valence-electron chi connectivity index (χ1n) is 4.93. The van der Waals surface area contributed by atoms with Crippen LogP contribution in [0, 0.1) is 11.8 Å². The van der Waals surface area contributed by atoms with Gasteiger partial charge in [-0.05, 0) is 19.3 Å². The zero-order chi connectivity index (χ0) is 10.3. The number of fused-ring (bicyclic) bond motifs is 1. The molecule has 0 radical (unpaired) electrons. The first kappa shape index (κ1) is 9.65. The summed E-state index contributed by atoms with van der Waals surface area (Å²) < 4.78 is 4.54. The summed E-state index contributed by atoms with van der Waals surface area (Å²) in [6.07, 6.45) is 2.38. The van der Waals surface area contributed by atoms with Gasteiger partial charge in [-0.1, -0.05) is 0 Å². The number of Topliss-reactive ketones (excluding diaryl/α,β-unsaturated/α-hetero) is 1. The number of ether oxygens (including phenoxy) is 1. The molecule has 0 unspecified atom stereocenters. The predicted molar refractivity (Wildman–Crippen MR) is 47.4 cm³/mol. The monoisotopic (exact) mass is 198 g/mol. The van der Waals surface area contributed by atoms with Gasteiger partial charge in [0.1, 0.15) is 5.78 Å². The lowest BCUT2D eigenvalue weighted by Crippen LogP contribution is -2.62. The molecule has 2 aliphatic rings. The van der Waals surface area contributed by atoms with Crippen molar-refractivity contribution in [1.82, 2.24) is 0 Å². The third-order valence-corrected chi connectivity index (χ3v) is 3.52. The summed E-state index contributed by atoms with van der Waals surface area (Å²) in [5.41, 5.74) is -1.38. The summed E-state index contributed by atoms with van der Waals surface area (Å²) >= 11 is 0. The van der Waals surface area contributed by atoms with Gasteiger partial charge < -0.3 is 9.84 Å². The highest BCUT2D eigenvalue weighted by atomic mass is 16.5. The second-order valence-corrected chi connectivity index (χ2v) is 4.19. The summed E-state index contributed by atoms with van der Waals surface area (Å²) in [5, 5.41) is 9.96. The molecule has 78 valence electrons. The molecule has 0 aliphatic heterocycles. The molecule has 0 heterocycles. The Labute approximate surface area is 82.2 Å². The van der Waals surface area contributed by atoms with Crippen molar-refractivity contribution in [3.05, 3.63) is 0 Å². The fraction of sp³-hybridized carbons (Fsp3) is 0.800. The van der Waals surface area contributed by atoms with Crippen LogP contribution < -0.4 is 0 Å². The highest BCUT2D eigenvalue weighted by Crippen LogP contribution is 2.50. The van der Waals surface area contributed by atoms with E-state index in [0.717, 1.165) is 12.8 Å². The fourth-order valence-corrected chi connectivity index (χ4v) is 2.67. The van der Waals surface area contributed by atoms with E-state index in [0.29, 0.717) is 6.42 Å². The van der Waals surface area contributed by atoms with Crippen molar-refractivity contribution in [2.75, 3.05) is 7.11 Å². The molecule has 0 aromatic carbocycles. The Bertz CT molecular complexity index is 286. The number of rotatable bonds is 1. The van der Waals surface area contributed by atoms with E-state index in [1.165, 1.54) is 7.11 Å². The Kier molecular flexibility index (Phi) is 2.10. The van der Waals surface area contributed by atoms with Crippen LogP contribution in [0.2, 0.25) is 0 Å². The Morgan fingerprint density at radius 1 is 1.64 bits per heavy atom. The lowest BCUT2D eigenvalue weighted by atomic mass is 9.55. The minimum Gasteiger partial charge on any atom is -0.467 e. The minimum absolute atomic E-state index is 0.104. The fourth-order valence-electron chi connectivity index (χ4n) is 2.67. The molecule has 0 aromatic heterocycles. The SMILES string of the molecule is COC(=O)[C@@]1(O)C[C@@H]2C(=O)CCC[C@@H]21. The van der Waals surface area contributed by atoms with E-state index < -0.39 is 11.6 Å². The van der Waals surface area contributed by atoms with Crippen LogP contribution >= 0.6 is 0 Å². The summed E-state index contributed by atoms with van der Waals surface area (Å²) in [6.45, 7) is 0. The number of esters is 1. The first-order chi connectivity index (χ1) is 6.59. The topological polar surface area (TPSA) is 63.6 Å². The van der Waals surface area contributed by atoms with Crippen LogP contribution in [0.25, 0.3) is 0 Å². The van der Waals surface area contributed by atoms with Crippen LogP contribution in [0.4, 0.5) is 0 Å². The highest BCUT2D eigenvalue weighted by Gasteiger charge is 2.61. The average Bonchev–Trinajstić information content (AvgIpc) is 2.17. The molecule has 0 spiro atoms. The van der Waals surface area contributed by atoms with Crippen LogP contribution in [0.15, 0.2) is 0 Å². The van der Waals surface area contributed by atoms with Crippen molar-refractivity contribution in [2.45, 2.75) is 31.3 Å². The molecule has 0 aromatic rings. The van der Waals surface area contributed by atoms with Crippen LogP contribution in [-0.2, 0) is 14.3 Å². The number of carbonyl (C=O) groups excluding carboxylic acids is 2. The van der Waals surface area contributed by atoms with Crippen molar-refractivity contribution in [2.24, 2.45) is 11.8 Å². The van der Waals surface area contributed by atoms with Crippen LogP contribution in [0.1, 0.15) is 25.7 Å². The third-order valence-electron chi connectivity index (χ3n) is 3.52. The van der Waals surface area contributed by atoms with E-state index in [1.807, 2.05) is 0 Å². The number of aliphatic hydroxyl groups is 1. The Morgan fingerprint density at radius 3 is 3.00 bits per heavy atom. The van der Waals surface area contributed by atoms with Gasteiger partial charge in [0.05, 0.1) is 7.11 Å². The molecule has 4 nitrogen and oxygen atoms in total. The zero-order valence-electron chi connectivity index (χ0n) is 8.16. The van der Waals surface area contributed by atoms with Gasteiger partial charge in [0.15, 0.2) is 5.60 Å². The second-order valence-electron chi connectivity index (χ2n) is 4.19. The molecule has 2 saturated carbocycles. The lowest BCUT2D eigenvalue weighted by molar-refractivity contribution is -0.200. The molecule has 2 aliphatic carbocycles. The molecule has 1 N–H and O–H groups in total. The number of hydrogen-bond acceptors (Lipinski definition) is 4. The minimum atomic E-state index is -1.38. The maximum absolute atomic E-state index is 11.4. The Balaban J connectivity index is 2.13. The molecule has 0 bridgehead atoms. The van der Waals surface area contributed by atoms with Gasteiger partial charge in [0, 0.05) is 18.3 Å². The van der Waals surface area contributed by atoms with E-state index >= 15 is 0 Å². The van der Waals surface area contributed by atoms with Gasteiger partial charge >= 0.3 is 5.97 Å². The van der Waals surface area contributed by atoms with E-state index in [9.17, 15) is 14.7 Å². The molecule has 3 atom stereocenters. The molecule has 0 amide bonds. The molecule has 4 heteroatoms. The largest absolute Gasteiger partial charge is 0.467 e. The Hall–Kier alpha value is -0.900. The molecular weight excluding hydrogens is 184 g/mol. The number of methoxy groups -OCH3 is 1. The van der Waals surface area contributed by atoms with E-state index in [-0.39, 0.29) is 24.0 Å². The normalized spacial score (nSPS) is 41.1. The maximum atomic E-state index is 11.4. The van der Waals surface area contributed by atoms with Gasteiger partial charge in [-0.3, -0.25) is 4.79 Å². The Morgan fingerprint density at radius 2 is 2.36 bits per heavy atom. The maximum Gasteiger partial charge on any atom is 0.338 e. The standard InChI is InChI=1S/C10H14O4/c1-14-9(12)10(13)5-6-7(10)3-2-4-8(6)11/h6-7,13H,2-5H2,1H3/t6-,7-,10+/m0/s1. The van der Waals surface area contributed by atoms with Gasteiger partial charge in [0.2, 0.25) is 0 Å². The summed E-state index contributed by atoms with van der Waals surface area (Å²) in [7, 11) is 1.26. The summed E-state index contributed by atoms with van der Waals surface area (Å²) in [5.74, 6) is -0.702. The van der Waals surface area contributed by atoms with E-state index in [2.05, 4.69) is 4.74 Å². The quantitative estimate of drug-likeness (QED) is 0.615. The van der Waals surface area contributed by atoms with Crippen LogP contribution in [0.3, 0.4) is 0 Å². The van der Waals surface area contributed by atoms with Gasteiger partial charge in [-0.2, -0.15) is 0 Å². The van der Waals surface area contributed by atoms with Crippen molar-refractivity contribution < 1.29 is 19.4 Å². The smallest absolute Gasteiger partial charge is 0.338 e. The summed E-state index contributed by atoms with van der Waals surface area (Å²) in [4.78, 5) is 22.7. The van der Waals surface area contributed by atoms with Gasteiger partial charge in [-0.25, -0.2) is 4.79 Å². The first-order valence-corrected chi connectivity index (χ1v) is 4.93. The number of hydrogen-bond donors (Lipinski definition) is 1. The molecule has 14 heavy (non-hydrogen) atoms. The van der Waals surface area contributed by atoms with Crippen LogP contribution in [-0.4, -0.2) is 29.6 Å². The predicted octanol–water partition coefficient (Wildman–Crippen LogP) is 0.280. The zero-order valence-corrected chi connectivity index (χ0v) is 8.16.